The van der Waals surface area contributed by atoms with Gasteiger partial charge in [-0.15, -0.1) is 0 Å². The topological polar surface area (TPSA) is 152 Å². The average Bonchev–Trinajstić information content (AvgIpc) is 3.34. The summed E-state index contributed by atoms with van der Waals surface area (Å²) in [6.45, 7) is 8.89. The smallest absolute Gasteiger partial charge is 0.419 e. The molecule has 0 saturated carbocycles. The van der Waals surface area contributed by atoms with E-state index in [2.05, 4.69) is 5.32 Å². The lowest BCUT2D eigenvalue weighted by atomic mass is 9.73. The van der Waals surface area contributed by atoms with E-state index < -0.39 is 59.0 Å². The molecule has 3 amide bonds. The first kappa shape index (κ1) is 39.5. The van der Waals surface area contributed by atoms with E-state index in [1.54, 1.807) is 26.8 Å². The molecule has 50 heavy (non-hydrogen) atoms. The van der Waals surface area contributed by atoms with Crippen LogP contribution >= 0.6 is 0 Å². The SMILES string of the molecule is [B]C(O)(C/C=C/C(=O)N(C)C)C(OC(=O)N(C)C)C(=O)Nc1cccn(Cc2cc3cc(F)cc(CC(C)C)c3n2C(=O)OC(C)(C)C)c1=O. The molecule has 13 nitrogen and oxygen atoms in total. The van der Waals surface area contributed by atoms with Gasteiger partial charge in [-0.1, -0.05) is 19.9 Å². The Bertz CT molecular complexity index is 1840. The van der Waals surface area contributed by atoms with E-state index in [1.807, 2.05) is 13.8 Å². The maximum Gasteiger partial charge on any atom is 0.419 e. The van der Waals surface area contributed by atoms with E-state index in [-0.39, 0.29) is 18.2 Å². The number of amides is 3. The molecule has 0 aliphatic rings. The van der Waals surface area contributed by atoms with Crippen LogP contribution in [0.3, 0.4) is 0 Å². The number of carbonyl (C=O) groups excluding carboxylic acids is 4. The zero-order valence-corrected chi connectivity index (χ0v) is 29.9. The summed E-state index contributed by atoms with van der Waals surface area (Å²) in [6, 6.07) is 7.05. The van der Waals surface area contributed by atoms with Gasteiger partial charge in [-0.05, 0) is 81.5 Å². The Hall–Kier alpha value is -4.92. The summed E-state index contributed by atoms with van der Waals surface area (Å²) in [4.78, 5) is 67.5. The summed E-state index contributed by atoms with van der Waals surface area (Å²) in [7, 11) is 11.8. The first-order chi connectivity index (χ1) is 23.1. The van der Waals surface area contributed by atoms with Crippen LogP contribution in [0.25, 0.3) is 10.9 Å². The van der Waals surface area contributed by atoms with Gasteiger partial charge < -0.3 is 34.3 Å². The molecule has 0 fully saturated rings. The molecule has 0 aliphatic carbocycles. The van der Waals surface area contributed by atoms with Crippen molar-refractivity contribution in [2.24, 2.45) is 5.92 Å². The van der Waals surface area contributed by atoms with Gasteiger partial charge in [0.2, 0.25) is 12.0 Å². The third kappa shape index (κ3) is 10.1. The van der Waals surface area contributed by atoms with E-state index >= 15 is 0 Å². The van der Waals surface area contributed by atoms with Gasteiger partial charge in [-0.2, -0.15) is 0 Å². The molecule has 2 radical (unpaired) electrons. The Morgan fingerprint density at radius 2 is 1.74 bits per heavy atom. The number of nitrogens with zero attached hydrogens (tertiary/aromatic N) is 4. The highest BCUT2D eigenvalue weighted by atomic mass is 19.1. The quantitative estimate of drug-likeness (QED) is 0.227. The van der Waals surface area contributed by atoms with Gasteiger partial charge in [-0.25, -0.2) is 18.5 Å². The minimum absolute atomic E-state index is 0.136. The van der Waals surface area contributed by atoms with Gasteiger partial charge in [0, 0.05) is 39.8 Å². The van der Waals surface area contributed by atoms with Crippen molar-refractivity contribution >= 4 is 48.4 Å². The van der Waals surface area contributed by atoms with Crippen LogP contribution in [0.1, 0.15) is 52.3 Å². The number of fused-ring (bicyclic) bond motifs is 1. The highest BCUT2D eigenvalue weighted by molar-refractivity contribution is 6.18. The molecule has 0 saturated heterocycles. The minimum Gasteiger partial charge on any atom is -0.443 e. The number of aromatic nitrogens is 2. The zero-order chi connectivity index (χ0) is 37.7. The van der Waals surface area contributed by atoms with Gasteiger partial charge in [0.15, 0.2) is 0 Å². The van der Waals surface area contributed by atoms with Crippen molar-refractivity contribution in [2.45, 2.75) is 71.2 Å². The number of halogens is 1. The van der Waals surface area contributed by atoms with Crippen LogP contribution in [0.5, 0.6) is 0 Å². The monoisotopic (exact) mass is 693 g/mol. The highest BCUT2D eigenvalue weighted by Gasteiger charge is 2.40. The lowest BCUT2D eigenvalue weighted by Crippen LogP contribution is -2.53. The minimum atomic E-state index is -2.50. The maximum atomic E-state index is 14.7. The fourth-order valence-corrected chi connectivity index (χ4v) is 5.00. The molecule has 0 bridgehead atoms. The Morgan fingerprint density at radius 1 is 1.08 bits per heavy atom. The predicted octanol–water partition coefficient (Wildman–Crippen LogP) is 3.87. The van der Waals surface area contributed by atoms with Gasteiger partial charge in [0.1, 0.15) is 25.0 Å². The summed E-state index contributed by atoms with van der Waals surface area (Å²) in [5.74, 6) is -1.88. The molecule has 15 heteroatoms. The van der Waals surface area contributed by atoms with Crippen LogP contribution in [0.2, 0.25) is 0 Å². The van der Waals surface area contributed by atoms with E-state index in [4.69, 9.17) is 17.3 Å². The van der Waals surface area contributed by atoms with E-state index in [1.165, 1.54) is 78.8 Å². The maximum absolute atomic E-state index is 14.7. The highest BCUT2D eigenvalue weighted by Crippen LogP contribution is 2.29. The van der Waals surface area contributed by atoms with Crippen LogP contribution in [0.15, 0.2) is 53.5 Å². The molecule has 268 valence electrons. The second-order valence-corrected chi connectivity index (χ2v) is 13.9. The van der Waals surface area contributed by atoms with Crippen molar-refractivity contribution in [1.82, 2.24) is 18.9 Å². The van der Waals surface area contributed by atoms with E-state index in [0.29, 0.717) is 28.6 Å². The van der Waals surface area contributed by atoms with Gasteiger partial charge in [0.05, 0.1) is 23.3 Å². The summed E-state index contributed by atoms with van der Waals surface area (Å²) >= 11 is 0. The van der Waals surface area contributed by atoms with Gasteiger partial charge in [-0.3, -0.25) is 14.4 Å². The number of hydrogen-bond donors (Lipinski definition) is 2. The van der Waals surface area contributed by atoms with Crippen LogP contribution in [-0.4, -0.2) is 101 Å². The van der Waals surface area contributed by atoms with Crippen LogP contribution in [-0.2, 0) is 32.0 Å². The number of hydrogen-bond acceptors (Lipinski definition) is 8. The fourth-order valence-electron chi connectivity index (χ4n) is 5.00. The molecule has 0 aliphatic heterocycles. The third-order valence-electron chi connectivity index (χ3n) is 7.25. The second kappa shape index (κ2) is 15.7. The molecule has 1 aromatic carbocycles. The first-order valence-electron chi connectivity index (χ1n) is 15.9. The van der Waals surface area contributed by atoms with E-state index in [0.717, 1.165) is 11.0 Å². The molecular formula is C35H45BFN5O8. The van der Waals surface area contributed by atoms with Crippen molar-refractivity contribution in [1.29, 1.82) is 0 Å². The number of nitrogens with one attached hydrogen (secondary N) is 1. The Kier molecular flexibility index (Phi) is 12.4. The summed E-state index contributed by atoms with van der Waals surface area (Å²) in [5.41, 5.74) is -2.98. The summed E-state index contributed by atoms with van der Waals surface area (Å²) in [5, 5.41) is 13.9. The lowest BCUT2D eigenvalue weighted by Gasteiger charge is -2.32. The van der Waals surface area contributed by atoms with Gasteiger partial charge in [0.25, 0.3) is 11.5 Å². The molecule has 3 aromatic rings. The third-order valence-corrected chi connectivity index (χ3v) is 7.25. The first-order valence-corrected chi connectivity index (χ1v) is 15.9. The summed E-state index contributed by atoms with van der Waals surface area (Å²) < 4.78 is 28.2. The fraction of sp³-hybridized carbons (Fsp3) is 0.457. The number of ether oxygens (including phenoxy) is 2. The standard InChI is InChI=1S/C35H45BFN5O8/c1-21(2)16-22-17-24(37)18-23-19-25(42(28(22)23)33(47)50-34(3,4)5)20-41-15-11-12-26(31(41)45)38-30(44)29(49-32(46)40(8)9)35(36,48)14-10-13-27(43)39(6)7/h10-13,15,17-19,21,29,48H,14,16,20H2,1-9H3,(H,38,44)/b13-10+. The number of carbonyl (C=O) groups is 4. The van der Waals surface area contributed by atoms with Crippen molar-refractivity contribution in [3.63, 3.8) is 0 Å². The Morgan fingerprint density at radius 3 is 2.32 bits per heavy atom. The predicted molar refractivity (Wildman–Crippen MR) is 188 cm³/mol. The Labute approximate surface area is 292 Å². The number of anilines is 1. The van der Waals surface area contributed by atoms with Crippen molar-refractivity contribution in [3.05, 3.63) is 76.1 Å². The Balaban J connectivity index is 2.05. The molecule has 0 spiro atoms. The molecule has 2 atom stereocenters. The number of benzene rings is 1. The van der Waals surface area contributed by atoms with E-state index in [9.17, 15) is 33.5 Å². The molecule has 2 N–H and O–H groups in total. The number of aliphatic hydroxyl groups is 1. The lowest BCUT2D eigenvalue weighted by molar-refractivity contribution is -0.133. The largest absolute Gasteiger partial charge is 0.443 e. The van der Waals surface area contributed by atoms with Crippen molar-refractivity contribution in [3.8, 4) is 0 Å². The molecule has 2 heterocycles. The zero-order valence-electron chi connectivity index (χ0n) is 29.9. The molecule has 3 rings (SSSR count). The van der Waals surface area contributed by atoms with Gasteiger partial charge >= 0.3 is 12.2 Å². The number of pyridine rings is 1. The number of rotatable bonds is 11. The molecule has 2 unspecified atom stereocenters. The number of likely N-dealkylation sites (N-methyl/N-ethyl adjacent to an activating group) is 1. The second-order valence-electron chi connectivity index (χ2n) is 13.9. The average molecular weight is 694 g/mol. The molecular weight excluding hydrogens is 648 g/mol. The summed E-state index contributed by atoms with van der Waals surface area (Å²) in [6.07, 6.45) is 0.0441. The van der Waals surface area contributed by atoms with Crippen LogP contribution in [0, 0.1) is 11.7 Å². The van der Waals surface area contributed by atoms with Crippen LogP contribution in [0.4, 0.5) is 19.7 Å². The normalized spacial score (nSPS) is 13.6. The molecule has 2 aromatic heterocycles. The van der Waals surface area contributed by atoms with Crippen molar-refractivity contribution in [2.75, 3.05) is 33.5 Å². The van der Waals surface area contributed by atoms with Crippen LogP contribution < -0.4 is 10.9 Å². The van der Waals surface area contributed by atoms with Crippen molar-refractivity contribution < 1.29 is 38.1 Å².